The Morgan fingerprint density at radius 2 is 1.18 bits per heavy atom. The summed E-state index contributed by atoms with van der Waals surface area (Å²) in [5.74, 6) is 0. The Balaban J connectivity index is 1.73. The van der Waals surface area contributed by atoms with E-state index in [1.165, 1.54) is 5.56 Å². The molecular weight excluding hydrogens is 348 g/mol. The molecule has 0 spiro atoms. The monoisotopic (exact) mass is 374 g/mol. The van der Waals surface area contributed by atoms with Gasteiger partial charge in [-0.25, -0.2) is 0 Å². The molecule has 0 radical (unpaired) electrons. The van der Waals surface area contributed by atoms with E-state index in [4.69, 9.17) is 18.9 Å². The van der Waals surface area contributed by atoms with Gasteiger partial charge in [0.25, 0.3) is 0 Å². The number of hydrogen-bond acceptors (Lipinski definition) is 4. The first-order chi connectivity index (χ1) is 10.9. The Hall–Kier alpha value is -0.460. The number of alkyl halides is 1. The Morgan fingerprint density at radius 1 is 0.636 bits per heavy atom. The van der Waals surface area contributed by atoms with Crippen LogP contribution in [-0.4, -0.2) is 51.6 Å². The molecule has 0 aliphatic rings. The molecule has 5 heteroatoms. The SMILES string of the molecule is BrCCCCOCCOCCOCCOCc1ccccc1. The van der Waals surface area contributed by atoms with E-state index in [2.05, 4.69) is 28.1 Å². The highest BCUT2D eigenvalue weighted by Crippen LogP contribution is 2.00. The van der Waals surface area contributed by atoms with Crippen molar-refractivity contribution in [1.82, 2.24) is 0 Å². The third-order valence-corrected chi connectivity index (χ3v) is 3.46. The normalized spacial score (nSPS) is 11.0. The van der Waals surface area contributed by atoms with E-state index < -0.39 is 0 Å². The van der Waals surface area contributed by atoms with Crippen molar-refractivity contribution in [2.45, 2.75) is 19.4 Å². The summed E-state index contributed by atoms with van der Waals surface area (Å²) in [7, 11) is 0. The summed E-state index contributed by atoms with van der Waals surface area (Å²) in [6.07, 6.45) is 2.25. The fourth-order valence-corrected chi connectivity index (χ4v) is 2.12. The third kappa shape index (κ3) is 12.1. The Bertz CT molecular complexity index is 335. The maximum absolute atomic E-state index is 5.52. The van der Waals surface area contributed by atoms with E-state index in [9.17, 15) is 0 Å². The highest BCUT2D eigenvalue weighted by atomic mass is 79.9. The standard InChI is InChI=1S/C17H27BrO4/c18-8-4-5-9-19-10-11-20-12-13-21-14-15-22-16-17-6-2-1-3-7-17/h1-3,6-7H,4-5,8-16H2. The molecule has 0 aromatic heterocycles. The van der Waals surface area contributed by atoms with Crippen LogP contribution < -0.4 is 0 Å². The summed E-state index contributed by atoms with van der Waals surface area (Å²) in [5, 5.41) is 1.04. The third-order valence-electron chi connectivity index (χ3n) is 2.90. The average Bonchev–Trinajstić information content (AvgIpc) is 2.56. The Kier molecular flexibility index (Phi) is 13.7. The summed E-state index contributed by atoms with van der Waals surface area (Å²) < 4.78 is 21.8. The number of ether oxygens (including phenoxy) is 4. The Labute approximate surface area is 142 Å². The van der Waals surface area contributed by atoms with E-state index in [-0.39, 0.29) is 0 Å². The molecule has 1 rings (SSSR count). The summed E-state index contributed by atoms with van der Waals surface area (Å²) in [5.41, 5.74) is 1.18. The lowest BCUT2D eigenvalue weighted by atomic mass is 10.2. The van der Waals surface area contributed by atoms with Crippen molar-refractivity contribution in [3.05, 3.63) is 35.9 Å². The van der Waals surface area contributed by atoms with E-state index >= 15 is 0 Å². The lowest BCUT2D eigenvalue weighted by Crippen LogP contribution is -2.12. The molecule has 0 fully saturated rings. The zero-order valence-electron chi connectivity index (χ0n) is 13.2. The number of benzene rings is 1. The largest absolute Gasteiger partial charge is 0.379 e. The van der Waals surface area contributed by atoms with Crippen molar-refractivity contribution in [3.8, 4) is 0 Å². The van der Waals surface area contributed by atoms with Crippen molar-refractivity contribution in [2.24, 2.45) is 0 Å². The lowest BCUT2D eigenvalue weighted by Gasteiger charge is -2.07. The molecular formula is C17H27BrO4. The molecule has 0 bridgehead atoms. The highest BCUT2D eigenvalue weighted by molar-refractivity contribution is 9.09. The van der Waals surface area contributed by atoms with Crippen LogP contribution in [0.5, 0.6) is 0 Å². The van der Waals surface area contributed by atoms with Crippen molar-refractivity contribution >= 4 is 15.9 Å². The van der Waals surface area contributed by atoms with Crippen LogP contribution in [0.2, 0.25) is 0 Å². The first-order valence-corrected chi connectivity index (χ1v) is 8.96. The summed E-state index contributed by atoms with van der Waals surface area (Å²) >= 11 is 3.39. The highest BCUT2D eigenvalue weighted by Gasteiger charge is 1.94. The molecule has 0 unspecified atom stereocenters. The molecule has 126 valence electrons. The molecule has 1 aromatic carbocycles. The first-order valence-electron chi connectivity index (χ1n) is 7.84. The van der Waals surface area contributed by atoms with Crippen LogP contribution in [0, 0.1) is 0 Å². The summed E-state index contributed by atoms with van der Waals surface area (Å²) in [4.78, 5) is 0. The van der Waals surface area contributed by atoms with Crippen LogP contribution >= 0.6 is 15.9 Å². The van der Waals surface area contributed by atoms with E-state index in [0.717, 1.165) is 24.8 Å². The van der Waals surface area contributed by atoms with Gasteiger partial charge in [-0.2, -0.15) is 0 Å². The molecule has 0 saturated carbocycles. The molecule has 0 saturated heterocycles. The molecule has 0 aliphatic carbocycles. The lowest BCUT2D eigenvalue weighted by molar-refractivity contribution is -0.00428. The quantitative estimate of drug-likeness (QED) is 0.348. The van der Waals surface area contributed by atoms with Crippen molar-refractivity contribution < 1.29 is 18.9 Å². The number of unbranched alkanes of at least 4 members (excludes halogenated alkanes) is 1. The molecule has 1 aromatic rings. The number of hydrogen-bond donors (Lipinski definition) is 0. The second-order valence-corrected chi connectivity index (χ2v) is 5.56. The van der Waals surface area contributed by atoms with Crippen LogP contribution in [0.4, 0.5) is 0 Å². The zero-order valence-corrected chi connectivity index (χ0v) is 14.8. The second kappa shape index (κ2) is 15.4. The minimum Gasteiger partial charge on any atom is -0.379 e. The second-order valence-electron chi connectivity index (χ2n) is 4.77. The Morgan fingerprint density at radius 3 is 1.77 bits per heavy atom. The van der Waals surface area contributed by atoms with Crippen LogP contribution in [0.1, 0.15) is 18.4 Å². The molecule has 0 amide bonds. The molecule has 22 heavy (non-hydrogen) atoms. The van der Waals surface area contributed by atoms with Gasteiger partial charge in [-0.1, -0.05) is 46.3 Å². The molecule has 0 aliphatic heterocycles. The van der Waals surface area contributed by atoms with E-state index in [1.807, 2.05) is 18.2 Å². The maximum atomic E-state index is 5.52. The van der Waals surface area contributed by atoms with Gasteiger partial charge in [-0.3, -0.25) is 0 Å². The topological polar surface area (TPSA) is 36.9 Å². The van der Waals surface area contributed by atoms with Gasteiger partial charge < -0.3 is 18.9 Å². The van der Waals surface area contributed by atoms with E-state index in [1.54, 1.807) is 0 Å². The van der Waals surface area contributed by atoms with Gasteiger partial charge in [0.2, 0.25) is 0 Å². The molecule has 0 N–H and O–H groups in total. The molecule has 0 heterocycles. The van der Waals surface area contributed by atoms with E-state index in [0.29, 0.717) is 46.2 Å². The van der Waals surface area contributed by atoms with Gasteiger partial charge in [-0.15, -0.1) is 0 Å². The number of halogens is 1. The van der Waals surface area contributed by atoms with Crippen molar-refractivity contribution in [3.63, 3.8) is 0 Å². The van der Waals surface area contributed by atoms with Crippen molar-refractivity contribution in [1.29, 1.82) is 0 Å². The van der Waals surface area contributed by atoms with Gasteiger partial charge in [-0.05, 0) is 18.4 Å². The minimum atomic E-state index is 0.596. The molecule has 0 atom stereocenters. The van der Waals surface area contributed by atoms with Crippen LogP contribution in [-0.2, 0) is 25.6 Å². The minimum absolute atomic E-state index is 0.596. The summed E-state index contributed by atoms with van der Waals surface area (Å²) in [6.45, 7) is 5.12. The van der Waals surface area contributed by atoms with Gasteiger partial charge in [0.05, 0.1) is 46.2 Å². The fourth-order valence-electron chi connectivity index (χ4n) is 1.72. The summed E-state index contributed by atoms with van der Waals surface area (Å²) in [6, 6.07) is 10.1. The van der Waals surface area contributed by atoms with Crippen molar-refractivity contribution in [2.75, 3.05) is 51.6 Å². The maximum Gasteiger partial charge on any atom is 0.0718 e. The van der Waals surface area contributed by atoms with Gasteiger partial charge >= 0.3 is 0 Å². The predicted molar refractivity (Wildman–Crippen MR) is 91.6 cm³/mol. The first kappa shape index (κ1) is 19.6. The molecule has 4 nitrogen and oxygen atoms in total. The number of rotatable bonds is 15. The average molecular weight is 375 g/mol. The zero-order chi connectivity index (χ0) is 15.7. The van der Waals surface area contributed by atoms with Crippen LogP contribution in [0.3, 0.4) is 0 Å². The van der Waals surface area contributed by atoms with Gasteiger partial charge in [0.15, 0.2) is 0 Å². The van der Waals surface area contributed by atoms with Crippen LogP contribution in [0.25, 0.3) is 0 Å². The fraction of sp³-hybridized carbons (Fsp3) is 0.647. The predicted octanol–water partition coefficient (Wildman–Crippen LogP) is 3.43. The van der Waals surface area contributed by atoms with Gasteiger partial charge in [0.1, 0.15) is 0 Å². The van der Waals surface area contributed by atoms with Gasteiger partial charge in [0, 0.05) is 11.9 Å². The van der Waals surface area contributed by atoms with Crippen LogP contribution in [0.15, 0.2) is 30.3 Å². The smallest absolute Gasteiger partial charge is 0.0718 e.